The average Bonchev–Trinajstić information content (AvgIpc) is 3.19. The highest BCUT2D eigenvalue weighted by Crippen LogP contribution is 2.40. The molecule has 5 nitrogen and oxygen atoms in total. The lowest BCUT2D eigenvalue weighted by molar-refractivity contribution is -0.125. The maximum absolute atomic E-state index is 13.3. The molecule has 0 radical (unpaired) electrons. The Labute approximate surface area is 184 Å². The van der Waals surface area contributed by atoms with Crippen molar-refractivity contribution in [1.82, 2.24) is 10.2 Å². The lowest BCUT2D eigenvalue weighted by atomic mass is 9.84. The van der Waals surface area contributed by atoms with Crippen molar-refractivity contribution in [3.05, 3.63) is 35.6 Å². The summed E-state index contributed by atoms with van der Waals surface area (Å²) in [6.45, 7) is 1.23. The molecule has 2 aliphatic carbocycles. The third-order valence-corrected chi connectivity index (χ3v) is 7.24. The first kappa shape index (κ1) is 22.3. The number of rotatable bonds is 7. The van der Waals surface area contributed by atoms with Gasteiger partial charge in [0.1, 0.15) is 11.9 Å². The van der Waals surface area contributed by atoms with E-state index < -0.39 is 6.04 Å². The molecule has 1 aromatic rings. The minimum atomic E-state index is -0.440. The first-order chi connectivity index (χ1) is 15.1. The van der Waals surface area contributed by atoms with Gasteiger partial charge in [-0.05, 0) is 68.7 Å². The lowest BCUT2D eigenvalue weighted by Crippen LogP contribution is -2.49. The highest BCUT2D eigenvalue weighted by atomic mass is 19.1. The van der Waals surface area contributed by atoms with Crippen molar-refractivity contribution in [1.29, 1.82) is 0 Å². The fourth-order valence-electron chi connectivity index (χ4n) is 5.61. The average molecular weight is 431 g/mol. The fraction of sp³-hybridized carbons (Fsp3) is 0.680. The number of ether oxygens (including phenoxy) is 1. The van der Waals surface area contributed by atoms with Crippen molar-refractivity contribution >= 4 is 11.8 Å². The monoisotopic (exact) mass is 430 g/mol. The molecule has 3 unspecified atom stereocenters. The number of carbonyl (C=O) groups excluding carboxylic acids is 2. The third-order valence-electron chi connectivity index (χ3n) is 7.24. The molecule has 0 aromatic heterocycles. The zero-order valence-corrected chi connectivity index (χ0v) is 18.4. The second kappa shape index (κ2) is 10.6. The van der Waals surface area contributed by atoms with Crippen LogP contribution in [0.25, 0.3) is 0 Å². The van der Waals surface area contributed by atoms with E-state index >= 15 is 0 Å². The van der Waals surface area contributed by atoms with Crippen LogP contribution in [0.1, 0.15) is 81.0 Å². The van der Waals surface area contributed by atoms with Gasteiger partial charge in [-0.25, -0.2) is 4.39 Å². The maximum Gasteiger partial charge on any atom is 0.254 e. The molecule has 1 aliphatic heterocycles. The van der Waals surface area contributed by atoms with Crippen molar-refractivity contribution in [3.63, 3.8) is 0 Å². The molecule has 6 heteroatoms. The van der Waals surface area contributed by atoms with E-state index in [9.17, 15) is 14.0 Å². The van der Waals surface area contributed by atoms with Crippen molar-refractivity contribution in [3.8, 4) is 0 Å². The smallest absolute Gasteiger partial charge is 0.254 e. The Bertz CT molecular complexity index is 748. The van der Waals surface area contributed by atoms with E-state index in [1.54, 1.807) is 4.90 Å². The van der Waals surface area contributed by atoms with Gasteiger partial charge in [-0.3, -0.25) is 9.59 Å². The van der Waals surface area contributed by atoms with E-state index in [4.69, 9.17) is 4.74 Å². The van der Waals surface area contributed by atoms with Crippen molar-refractivity contribution in [2.45, 2.75) is 88.8 Å². The molecule has 4 rings (SSSR count). The molecule has 0 spiro atoms. The summed E-state index contributed by atoms with van der Waals surface area (Å²) in [5.41, 5.74) is 0.450. The van der Waals surface area contributed by atoms with Crippen LogP contribution in [0.2, 0.25) is 0 Å². The molecule has 1 aromatic carbocycles. The molecule has 1 N–H and O–H groups in total. The fourth-order valence-corrected chi connectivity index (χ4v) is 5.61. The first-order valence-electron chi connectivity index (χ1n) is 12.1. The van der Waals surface area contributed by atoms with Gasteiger partial charge in [-0.1, -0.05) is 32.1 Å². The minimum Gasteiger partial charge on any atom is -0.378 e. The standard InChI is InChI=1S/C25H35FN2O3/c26-20-13-11-18(12-14-20)25(30)28-22-10-5-4-7-19(22)17-23(28)24(29)27-15-6-16-31-21-8-2-1-3-9-21/h11-14,19,21-23H,1-10,15-17H2,(H,27,29). The molecular formula is C25H35FN2O3. The second-order valence-corrected chi connectivity index (χ2v) is 9.36. The van der Waals surface area contributed by atoms with Crippen LogP contribution < -0.4 is 5.32 Å². The zero-order valence-electron chi connectivity index (χ0n) is 18.4. The molecule has 3 aliphatic rings. The van der Waals surface area contributed by atoms with Gasteiger partial charge in [0.15, 0.2) is 0 Å². The number of nitrogens with zero attached hydrogens (tertiary/aromatic N) is 1. The Hall–Kier alpha value is -1.95. The molecule has 2 saturated carbocycles. The Balaban J connectivity index is 1.33. The SMILES string of the molecule is O=C(NCCCOC1CCCCC1)C1CC2CCCCC2N1C(=O)c1ccc(F)cc1. The van der Waals surface area contributed by atoms with Crippen LogP contribution in [-0.2, 0) is 9.53 Å². The van der Waals surface area contributed by atoms with E-state index in [1.165, 1.54) is 43.5 Å². The number of likely N-dealkylation sites (tertiary alicyclic amines) is 1. The van der Waals surface area contributed by atoms with Crippen LogP contribution in [-0.4, -0.2) is 48.1 Å². The number of hydrogen-bond acceptors (Lipinski definition) is 3. The van der Waals surface area contributed by atoms with Gasteiger partial charge in [-0.2, -0.15) is 0 Å². The van der Waals surface area contributed by atoms with E-state index in [0.717, 1.165) is 51.4 Å². The highest BCUT2D eigenvalue weighted by Gasteiger charge is 2.47. The molecule has 31 heavy (non-hydrogen) atoms. The number of hydrogen-bond donors (Lipinski definition) is 1. The molecule has 1 heterocycles. The summed E-state index contributed by atoms with van der Waals surface area (Å²) in [6.07, 6.45) is 12.3. The van der Waals surface area contributed by atoms with Gasteiger partial charge in [0, 0.05) is 24.8 Å². The number of amides is 2. The van der Waals surface area contributed by atoms with Crippen LogP contribution in [0.5, 0.6) is 0 Å². The quantitative estimate of drug-likeness (QED) is 0.650. The van der Waals surface area contributed by atoms with Gasteiger partial charge in [-0.15, -0.1) is 0 Å². The summed E-state index contributed by atoms with van der Waals surface area (Å²) in [5, 5.41) is 3.04. The van der Waals surface area contributed by atoms with Gasteiger partial charge in [0.25, 0.3) is 5.91 Å². The molecule has 3 atom stereocenters. The Kier molecular flexibility index (Phi) is 7.59. The summed E-state index contributed by atoms with van der Waals surface area (Å²) < 4.78 is 19.3. The van der Waals surface area contributed by atoms with Crippen molar-refractivity contribution in [2.75, 3.05) is 13.2 Å². The van der Waals surface area contributed by atoms with Gasteiger partial charge in [0.05, 0.1) is 6.10 Å². The molecule has 0 bridgehead atoms. The Morgan fingerprint density at radius 2 is 1.71 bits per heavy atom. The van der Waals surface area contributed by atoms with Gasteiger partial charge >= 0.3 is 0 Å². The summed E-state index contributed by atoms with van der Waals surface area (Å²) >= 11 is 0. The highest BCUT2D eigenvalue weighted by molar-refractivity contribution is 5.98. The van der Waals surface area contributed by atoms with Gasteiger partial charge in [0.2, 0.25) is 5.91 Å². The topological polar surface area (TPSA) is 58.6 Å². The summed E-state index contributed by atoms with van der Waals surface area (Å²) in [7, 11) is 0. The Morgan fingerprint density at radius 3 is 2.48 bits per heavy atom. The maximum atomic E-state index is 13.3. The van der Waals surface area contributed by atoms with E-state index in [-0.39, 0.29) is 23.7 Å². The number of halogens is 1. The molecule has 2 amide bonds. The molecular weight excluding hydrogens is 395 g/mol. The van der Waals surface area contributed by atoms with Crippen LogP contribution in [0, 0.1) is 11.7 Å². The predicted molar refractivity (Wildman–Crippen MR) is 117 cm³/mol. The van der Waals surface area contributed by atoms with Crippen LogP contribution >= 0.6 is 0 Å². The van der Waals surface area contributed by atoms with Crippen molar-refractivity contribution < 1.29 is 18.7 Å². The number of benzene rings is 1. The molecule has 170 valence electrons. The van der Waals surface area contributed by atoms with Crippen molar-refractivity contribution in [2.24, 2.45) is 5.92 Å². The first-order valence-corrected chi connectivity index (χ1v) is 12.1. The van der Waals surface area contributed by atoms with Crippen LogP contribution in [0.4, 0.5) is 4.39 Å². The second-order valence-electron chi connectivity index (χ2n) is 9.36. The van der Waals surface area contributed by atoms with Crippen LogP contribution in [0.3, 0.4) is 0 Å². The predicted octanol–water partition coefficient (Wildman–Crippen LogP) is 4.45. The molecule has 1 saturated heterocycles. The van der Waals surface area contributed by atoms with E-state index in [1.807, 2.05) is 0 Å². The van der Waals surface area contributed by atoms with Crippen LogP contribution in [0.15, 0.2) is 24.3 Å². The van der Waals surface area contributed by atoms with Gasteiger partial charge < -0.3 is 15.0 Å². The number of fused-ring (bicyclic) bond motifs is 1. The largest absolute Gasteiger partial charge is 0.378 e. The molecule has 3 fully saturated rings. The minimum absolute atomic E-state index is 0.0671. The van der Waals surface area contributed by atoms with E-state index in [2.05, 4.69) is 5.32 Å². The van der Waals surface area contributed by atoms with E-state index in [0.29, 0.717) is 30.7 Å². The number of carbonyl (C=O) groups is 2. The summed E-state index contributed by atoms with van der Waals surface area (Å²) in [6, 6.07) is 5.32. The normalized spacial score (nSPS) is 26.5. The lowest BCUT2D eigenvalue weighted by Gasteiger charge is -2.33. The summed E-state index contributed by atoms with van der Waals surface area (Å²) in [5.74, 6) is -0.209. The Morgan fingerprint density at radius 1 is 1.00 bits per heavy atom. The number of nitrogens with one attached hydrogen (secondary N) is 1. The zero-order chi connectivity index (χ0) is 21.6. The summed E-state index contributed by atoms with van der Waals surface area (Å²) in [4.78, 5) is 28.1. The third kappa shape index (κ3) is 5.46.